The number of amides is 1. The van der Waals surface area contributed by atoms with Crippen molar-refractivity contribution in [3.63, 3.8) is 0 Å². The maximum Gasteiger partial charge on any atom is 0.472 e. The molecule has 0 bridgehead atoms. The Labute approximate surface area is 407 Å². The number of unbranched alkanes of at least 4 members (excludes halogenated alkanes) is 35. The van der Waals surface area contributed by atoms with Crippen LogP contribution < -0.4 is 5.32 Å². The van der Waals surface area contributed by atoms with Gasteiger partial charge in [-0.1, -0.05) is 238 Å². The highest BCUT2D eigenvalue weighted by Crippen LogP contribution is 2.43. The molecule has 0 fully saturated rings. The predicted molar refractivity (Wildman–Crippen MR) is 276 cm³/mol. The van der Waals surface area contributed by atoms with Crippen LogP contribution in [0.2, 0.25) is 0 Å². The van der Waals surface area contributed by atoms with E-state index in [1.807, 2.05) is 0 Å². The summed E-state index contributed by atoms with van der Waals surface area (Å²) in [5.74, 6) is -0.973. The van der Waals surface area contributed by atoms with Crippen molar-refractivity contribution >= 4 is 25.7 Å². The van der Waals surface area contributed by atoms with Gasteiger partial charge >= 0.3 is 19.8 Å². The second-order valence-electron chi connectivity index (χ2n) is 19.1. The molecule has 0 rings (SSSR count). The monoisotopic (exact) mass is 956 g/mol. The van der Waals surface area contributed by atoms with Crippen LogP contribution in [-0.4, -0.2) is 55.2 Å². The number of ether oxygens (including phenoxy) is 2. The van der Waals surface area contributed by atoms with Gasteiger partial charge in [-0.2, -0.15) is 0 Å². The molecule has 0 heterocycles. The van der Waals surface area contributed by atoms with Crippen molar-refractivity contribution in [2.75, 3.05) is 26.4 Å². The lowest BCUT2D eigenvalue weighted by Crippen LogP contribution is -2.30. The van der Waals surface area contributed by atoms with Crippen LogP contribution in [-0.2, 0) is 37.5 Å². The number of phosphoric ester groups is 1. The molecule has 0 saturated heterocycles. The van der Waals surface area contributed by atoms with Crippen molar-refractivity contribution in [2.24, 2.45) is 0 Å². The summed E-state index contributed by atoms with van der Waals surface area (Å²) in [4.78, 5) is 48.1. The molecule has 10 nitrogen and oxygen atoms in total. The topological polar surface area (TPSA) is 137 Å². The lowest BCUT2D eigenvalue weighted by Gasteiger charge is -2.20. The largest absolute Gasteiger partial charge is 0.472 e. The number of carbonyl (C=O) groups excluding carboxylic acids is 3. The molecular weight excluding hydrogens is 850 g/mol. The molecule has 2 atom stereocenters. The summed E-state index contributed by atoms with van der Waals surface area (Å²) in [6, 6.07) is 0. The number of esters is 2. The van der Waals surface area contributed by atoms with Crippen molar-refractivity contribution in [3.05, 3.63) is 12.2 Å². The van der Waals surface area contributed by atoms with Crippen LogP contribution in [0.1, 0.15) is 290 Å². The fraction of sp³-hybridized carbons (Fsp3) is 0.909. The SMILES string of the molecule is CCCCCCCCC=CCCCCCCCC(=O)NCCOP(=O)(O)OCC(COC(=O)CCCCCCCCCCCCCCC)OC(=O)CCCCCCCCCCCCCCC. The molecule has 0 saturated carbocycles. The number of rotatable bonds is 53. The number of phosphoric acid groups is 1. The standard InChI is InChI=1S/C55H106NO9P/c1-4-7-10-13-16-19-22-25-26-29-30-33-36-39-42-45-53(57)56-48-49-63-66(60,61)64-51-52(65-55(59)47-44-41-38-35-32-28-24-21-18-15-12-9-6-3)50-62-54(58)46-43-40-37-34-31-27-23-20-17-14-11-8-5-2/h25-26,52H,4-24,27-51H2,1-3H3,(H,56,57)(H,60,61). The predicted octanol–water partition coefficient (Wildman–Crippen LogP) is 16.7. The van der Waals surface area contributed by atoms with Gasteiger partial charge in [-0.25, -0.2) is 4.57 Å². The average Bonchev–Trinajstić information content (AvgIpc) is 3.30. The lowest BCUT2D eigenvalue weighted by atomic mass is 10.0. The molecule has 2 N–H and O–H groups in total. The third-order valence-electron chi connectivity index (χ3n) is 12.5. The van der Waals surface area contributed by atoms with E-state index >= 15 is 0 Å². The molecule has 66 heavy (non-hydrogen) atoms. The van der Waals surface area contributed by atoms with Crippen LogP contribution in [0.15, 0.2) is 12.2 Å². The van der Waals surface area contributed by atoms with E-state index in [9.17, 15) is 23.8 Å². The first kappa shape index (κ1) is 64.3. The Balaban J connectivity index is 4.47. The Hall–Kier alpha value is -1.74. The maximum absolute atomic E-state index is 12.8. The number of carbonyl (C=O) groups is 3. The van der Waals surface area contributed by atoms with Crippen molar-refractivity contribution in [3.8, 4) is 0 Å². The Morgan fingerprint density at radius 2 is 0.803 bits per heavy atom. The normalized spacial score (nSPS) is 13.0. The van der Waals surface area contributed by atoms with Gasteiger partial charge in [-0.05, 0) is 44.9 Å². The Kier molecular flexibility index (Phi) is 49.8. The average molecular weight is 956 g/mol. The molecule has 0 aromatic carbocycles. The molecule has 0 aliphatic rings. The zero-order chi connectivity index (χ0) is 48.3. The fourth-order valence-electron chi connectivity index (χ4n) is 8.20. The molecule has 0 aromatic rings. The van der Waals surface area contributed by atoms with E-state index in [-0.39, 0.29) is 38.5 Å². The highest BCUT2D eigenvalue weighted by molar-refractivity contribution is 7.47. The molecule has 2 unspecified atom stereocenters. The molecular formula is C55H106NO9P. The van der Waals surface area contributed by atoms with Crippen molar-refractivity contribution in [1.82, 2.24) is 5.32 Å². The second kappa shape index (κ2) is 51.1. The molecule has 0 spiro atoms. The Bertz CT molecular complexity index is 1150. The van der Waals surface area contributed by atoms with Gasteiger partial charge in [0.05, 0.1) is 13.2 Å². The first-order valence-corrected chi connectivity index (χ1v) is 29.6. The molecule has 0 aliphatic carbocycles. The van der Waals surface area contributed by atoms with E-state index in [0.717, 1.165) is 70.6 Å². The summed E-state index contributed by atoms with van der Waals surface area (Å²) in [7, 11) is -4.53. The molecule has 0 aromatic heterocycles. The van der Waals surface area contributed by atoms with Crippen LogP contribution in [0.3, 0.4) is 0 Å². The van der Waals surface area contributed by atoms with E-state index in [4.69, 9.17) is 18.5 Å². The first-order chi connectivity index (χ1) is 32.2. The van der Waals surface area contributed by atoms with Crippen LogP contribution in [0.25, 0.3) is 0 Å². The van der Waals surface area contributed by atoms with Crippen LogP contribution >= 0.6 is 7.82 Å². The highest BCUT2D eigenvalue weighted by Gasteiger charge is 2.26. The van der Waals surface area contributed by atoms with E-state index in [0.29, 0.717) is 12.8 Å². The summed E-state index contributed by atoms with van der Waals surface area (Å²) in [6.07, 6.45) is 51.4. The van der Waals surface area contributed by atoms with Crippen molar-refractivity contribution < 1.29 is 42.4 Å². The summed E-state index contributed by atoms with van der Waals surface area (Å²) < 4.78 is 34.1. The van der Waals surface area contributed by atoms with Crippen molar-refractivity contribution in [2.45, 2.75) is 297 Å². The molecule has 390 valence electrons. The van der Waals surface area contributed by atoms with Gasteiger partial charge < -0.3 is 19.7 Å². The Morgan fingerprint density at radius 1 is 0.455 bits per heavy atom. The zero-order valence-electron chi connectivity index (χ0n) is 43.4. The van der Waals surface area contributed by atoms with Crippen LogP contribution in [0.4, 0.5) is 0 Å². The molecule has 1 amide bonds. The van der Waals surface area contributed by atoms with E-state index in [2.05, 4.69) is 38.2 Å². The van der Waals surface area contributed by atoms with E-state index in [1.54, 1.807) is 0 Å². The van der Waals surface area contributed by atoms with Gasteiger partial charge in [0.2, 0.25) is 5.91 Å². The lowest BCUT2D eigenvalue weighted by molar-refractivity contribution is -0.161. The summed E-state index contributed by atoms with van der Waals surface area (Å²) in [5.41, 5.74) is 0. The zero-order valence-corrected chi connectivity index (χ0v) is 44.3. The number of nitrogens with one attached hydrogen (secondary N) is 1. The fourth-order valence-corrected chi connectivity index (χ4v) is 8.96. The summed E-state index contributed by atoms with van der Waals surface area (Å²) in [5, 5.41) is 2.74. The number of hydrogen-bond donors (Lipinski definition) is 2. The van der Waals surface area contributed by atoms with Gasteiger partial charge in [0.1, 0.15) is 6.61 Å². The quantitative estimate of drug-likeness (QED) is 0.0264. The van der Waals surface area contributed by atoms with Gasteiger partial charge in [0.15, 0.2) is 6.10 Å². The summed E-state index contributed by atoms with van der Waals surface area (Å²) in [6.45, 7) is 5.86. The smallest absolute Gasteiger partial charge is 0.462 e. The number of allylic oxidation sites excluding steroid dienone is 2. The third-order valence-corrected chi connectivity index (χ3v) is 13.4. The minimum absolute atomic E-state index is 0.0617. The van der Waals surface area contributed by atoms with Crippen molar-refractivity contribution in [1.29, 1.82) is 0 Å². The Morgan fingerprint density at radius 3 is 1.21 bits per heavy atom. The highest BCUT2D eigenvalue weighted by atomic mass is 31.2. The molecule has 0 aliphatic heterocycles. The number of hydrogen-bond acceptors (Lipinski definition) is 8. The summed E-state index contributed by atoms with van der Waals surface area (Å²) >= 11 is 0. The van der Waals surface area contributed by atoms with Gasteiger partial charge in [-0.15, -0.1) is 0 Å². The first-order valence-electron chi connectivity index (χ1n) is 28.1. The third kappa shape index (κ3) is 50.1. The van der Waals surface area contributed by atoms with Gasteiger partial charge in [-0.3, -0.25) is 23.4 Å². The molecule has 11 heteroatoms. The van der Waals surface area contributed by atoms with Crippen LogP contribution in [0.5, 0.6) is 0 Å². The second-order valence-corrected chi connectivity index (χ2v) is 20.5. The van der Waals surface area contributed by atoms with Crippen LogP contribution in [0, 0.1) is 0 Å². The minimum Gasteiger partial charge on any atom is -0.462 e. The van der Waals surface area contributed by atoms with Gasteiger partial charge in [0.25, 0.3) is 0 Å². The molecule has 0 radical (unpaired) electrons. The van der Waals surface area contributed by atoms with E-state index < -0.39 is 32.5 Å². The minimum atomic E-state index is -4.53. The maximum atomic E-state index is 12.8. The van der Waals surface area contributed by atoms with E-state index in [1.165, 1.54) is 173 Å². The van der Waals surface area contributed by atoms with Gasteiger partial charge in [0, 0.05) is 25.8 Å².